The second-order valence-corrected chi connectivity index (χ2v) is 7.72. The molecule has 0 spiro atoms. The fraction of sp³-hybridized carbons (Fsp3) is 0.692. The van der Waals surface area contributed by atoms with Gasteiger partial charge >= 0.3 is 13.4 Å². The Morgan fingerprint density at radius 2 is 1.96 bits per heavy atom. The molecule has 146 valence electrons. The highest BCUT2D eigenvalue weighted by Gasteiger charge is 2.45. The van der Waals surface area contributed by atoms with Crippen molar-refractivity contribution in [2.24, 2.45) is 0 Å². The Hall–Kier alpha value is -1.37. The largest absolute Gasteiger partial charge is 0.405 e. The summed E-state index contributed by atoms with van der Waals surface area (Å²) in [6, 6.07) is 1.06. The average molecular weight is 393 g/mol. The number of ether oxygens (including phenoxy) is 2. The van der Waals surface area contributed by atoms with Crippen molar-refractivity contribution in [3.63, 3.8) is 0 Å². The van der Waals surface area contributed by atoms with Crippen LogP contribution in [0.3, 0.4) is 0 Å². The number of H-pyrrole nitrogens is 1. The van der Waals surface area contributed by atoms with Gasteiger partial charge in [0.05, 0.1) is 19.8 Å². The first-order chi connectivity index (χ1) is 12.3. The van der Waals surface area contributed by atoms with Crippen molar-refractivity contribution < 1.29 is 33.7 Å². The topological polar surface area (TPSA) is 164 Å². The molecule has 2 saturated heterocycles. The van der Waals surface area contributed by atoms with E-state index in [1.807, 2.05) is 4.98 Å². The molecule has 1 aromatic rings. The lowest BCUT2D eigenvalue weighted by Crippen LogP contribution is -2.38. The number of nitrogens with one attached hydrogen (secondary N) is 1. The van der Waals surface area contributed by atoms with E-state index in [-0.39, 0.29) is 13.1 Å². The number of rotatable bonds is 5. The monoisotopic (exact) mass is 393 g/mol. The maximum atomic E-state index is 12.3. The smallest absolute Gasteiger partial charge is 0.387 e. The first kappa shape index (κ1) is 19.4. The number of aromatic amines is 1. The van der Waals surface area contributed by atoms with Crippen molar-refractivity contribution in [1.82, 2.24) is 14.2 Å². The molecule has 2 fully saturated rings. The Kier molecular flexibility index (Phi) is 5.75. The van der Waals surface area contributed by atoms with Crippen LogP contribution in [-0.2, 0) is 18.6 Å². The van der Waals surface area contributed by atoms with E-state index in [4.69, 9.17) is 14.0 Å². The molecule has 13 heteroatoms. The molecule has 3 rings (SSSR count). The fourth-order valence-electron chi connectivity index (χ4n) is 2.78. The van der Waals surface area contributed by atoms with E-state index in [0.717, 1.165) is 16.8 Å². The number of nitrogens with zero attached hydrogens (tertiary/aromatic N) is 2. The predicted octanol–water partition coefficient (Wildman–Crippen LogP) is -2.39. The standard InChI is InChI=1S/C13H20N3O9P/c17-9-1-2-16(13(20)14-9)12-11(19)10(18)8(25-12)7-24-26(21,22)15-3-5-23-6-4-15/h1-2,8,10-12,18-19H,3-7H2,(H,21,22)(H,14,17,20)/t8-,10-,11-,12-/m0/s1. The van der Waals surface area contributed by atoms with Crippen molar-refractivity contribution in [2.45, 2.75) is 24.5 Å². The maximum Gasteiger partial charge on any atom is 0.405 e. The van der Waals surface area contributed by atoms with E-state index in [2.05, 4.69) is 0 Å². The maximum absolute atomic E-state index is 12.3. The summed E-state index contributed by atoms with van der Waals surface area (Å²) in [5.74, 6) is 0. The van der Waals surface area contributed by atoms with Crippen molar-refractivity contribution in [3.8, 4) is 0 Å². The molecule has 0 aromatic carbocycles. The normalized spacial score (nSPS) is 32.4. The minimum atomic E-state index is -4.11. The van der Waals surface area contributed by atoms with Gasteiger partial charge in [0.2, 0.25) is 0 Å². The molecule has 1 aromatic heterocycles. The Morgan fingerprint density at radius 1 is 1.27 bits per heavy atom. The van der Waals surface area contributed by atoms with E-state index in [0.29, 0.717) is 13.2 Å². The lowest BCUT2D eigenvalue weighted by Gasteiger charge is -2.30. The summed E-state index contributed by atoms with van der Waals surface area (Å²) in [6.45, 7) is 0.566. The van der Waals surface area contributed by atoms with Gasteiger partial charge < -0.3 is 24.6 Å². The minimum absolute atomic E-state index is 0.222. The van der Waals surface area contributed by atoms with Crippen LogP contribution in [0.1, 0.15) is 6.23 Å². The molecule has 0 radical (unpaired) electrons. The van der Waals surface area contributed by atoms with Crippen LogP contribution in [0, 0.1) is 0 Å². The van der Waals surface area contributed by atoms with Gasteiger partial charge in [-0.3, -0.25) is 18.9 Å². The summed E-state index contributed by atoms with van der Waals surface area (Å²) in [5.41, 5.74) is -1.44. The van der Waals surface area contributed by atoms with Crippen LogP contribution in [0.15, 0.2) is 21.9 Å². The number of morpholine rings is 1. The van der Waals surface area contributed by atoms with Gasteiger partial charge in [0.25, 0.3) is 5.56 Å². The van der Waals surface area contributed by atoms with Crippen LogP contribution in [-0.4, -0.2) is 80.6 Å². The van der Waals surface area contributed by atoms with E-state index < -0.39 is 50.1 Å². The van der Waals surface area contributed by atoms with Gasteiger partial charge in [-0.25, -0.2) is 14.0 Å². The van der Waals surface area contributed by atoms with Crippen LogP contribution in [0.5, 0.6) is 0 Å². The zero-order valence-electron chi connectivity index (χ0n) is 13.6. The summed E-state index contributed by atoms with van der Waals surface area (Å²) in [7, 11) is -4.11. The van der Waals surface area contributed by atoms with Crippen LogP contribution in [0.25, 0.3) is 0 Å². The fourth-order valence-corrected chi connectivity index (χ4v) is 3.96. The molecule has 0 amide bonds. The molecule has 0 bridgehead atoms. The first-order valence-corrected chi connectivity index (χ1v) is 9.46. The third-order valence-corrected chi connectivity index (χ3v) is 5.81. The molecule has 3 heterocycles. The summed E-state index contributed by atoms with van der Waals surface area (Å²) < 4.78 is 30.0. The number of hydrogen-bond acceptors (Lipinski definition) is 8. The third-order valence-electron chi connectivity index (χ3n) is 4.21. The van der Waals surface area contributed by atoms with Gasteiger partial charge in [0.1, 0.15) is 18.3 Å². The van der Waals surface area contributed by atoms with Gasteiger partial charge in [-0.15, -0.1) is 0 Å². The Morgan fingerprint density at radius 3 is 2.62 bits per heavy atom. The third kappa shape index (κ3) is 3.97. The molecule has 2 aliphatic heterocycles. The van der Waals surface area contributed by atoms with E-state index in [9.17, 15) is 29.3 Å². The average Bonchev–Trinajstić information content (AvgIpc) is 2.89. The molecule has 0 aliphatic carbocycles. The van der Waals surface area contributed by atoms with Crippen LogP contribution >= 0.6 is 7.75 Å². The zero-order chi connectivity index (χ0) is 18.9. The minimum Gasteiger partial charge on any atom is -0.387 e. The Labute approximate surface area is 147 Å². The van der Waals surface area contributed by atoms with Crippen molar-refractivity contribution in [3.05, 3.63) is 33.1 Å². The molecule has 2 aliphatic rings. The Balaban J connectivity index is 1.67. The van der Waals surface area contributed by atoms with Gasteiger partial charge in [0.15, 0.2) is 6.23 Å². The lowest BCUT2D eigenvalue weighted by molar-refractivity contribution is -0.0545. The van der Waals surface area contributed by atoms with Crippen LogP contribution < -0.4 is 11.2 Å². The Bertz CT molecular complexity index is 790. The number of aromatic nitrogens is 2. The van der Waals surface area contributed by atoms with E-state index in [1.165, 1.54) is 4.67 Å². The molecule has 1 unspecified atom stereocenters. The van der Waals surface area contributed by atoms with Gasteiger partial charge in [0, 0.05) is 25.4 Å². The molecular formula is C13H20N3O9P. The lowest BCUT2D eigenvalue weighted by atomic mass is 10.1. The second kappa shape index (κ2) is 7.71. The van der Waals surface area contributed by atoms with Gasteiger partial charge in [-0.05, 0) is 0 Å². The van der Waals surface area contributed by atoms with Crippen LogP contribution in [0.2, 0.25) is 0 Å². The molecule has 4 N–H and O–H groups in total. The van der Waals surface area contributed by atoms with Crippen molar-refractivity contribution in [2.75, 3.05) is 32.9 Å². The highest BCUT2D eigenvalue weighted by molar-refractivity contribution is 7.50. The zero-order valence-corrected chi connectivity index (χ0v) is 14.5. The summed E-state index contributed by atoms with van der Waals surface area (Å²) in [4.78, 5) is 35.0. The first-order valence-electron chi connectivity index (χ1n) is 7.93. The number of aliphatic hydroxyl groups excluding tert-OH is 2. The molecular weight excluding hydrogens is 373 g/mol. The SMILES string of the molecule is O=c1ccn([C@H]2O[C@@H](COP(=O)(O)N3CCOCC3)[C@H](O)[C@@H]2O)c(=O)[nH]1. The molecule has 5 atom stereocenters. The quantitative estimate of drug-likeness (QED) is 0.397. The molecule has 26 heavy (non-hydrogen) atoms. The number of aliphatic hydroxyl groups is 2. The predicted molar refractivity (Wildman–Crippen MR) is 85.4 cm³/mol. The summed E-state index contributed by atoms with van der Waals surface area (Å²) in [5, 5.41) is 20.2. The van der Waals surface area contributed by atoms with E-state index >= 15 is 0 Å². The van der Waals surface area contributed by atoms with Crippen LogP contribution in [0.4, 0.5) is 0 Å². The molecule has 12 nitrogen and oxygen atoms in total. The summed E-state index contributed by atoms with van der Waals surface area (Å²) >= 11 is 0. The highest BCUT2D eigenvalue weighted by atomic mass is 31.2. The molecule has 0 saturated carbocycles. The summed E-state index contributed by atoms with van der Waals surface area (Å²) in [6.07, 6.45) is -4.24. The van der Waals surface area contributed by atoms with E-state index in [1.54, 1.807) is 0 Å². The highest BCUT2D eigenvalue weighted by Crippen LogP contribution is 2.47. The van der Waals surface area contributed by atoms with Crippen molar-refractivity contribution >= 4 is 7.75 Å². The van der Waals surface area contributed by atoms with Crippen molar-refractivity contribution in [1.29, 1.82) is 0 Å². The van der Waals surface area contributed by atoms with Gasteiger partial charge in [-0.1, -0.05) is 0 Å². The number of hydrogen-bond donors (Lipinski definition) is 4. The van der Waals surface area contributed by atoms with Gasteiger partial charge in [-0.2, -0.15) is 0 Å². The second-order valence-electron chi connectivity index (χ2n) is 5.92.